The second-order valence-electron chi connectivity index (χ2n) is 4.99. The molecule has 0 N–H and O–H groups in total. The van der Waals surface area contributed by atoms with Crippen LogP contribution in [0.25, 0.3) is 0 Å². The molecule has 0 aliphatic heterocycles. The van der Waals surface area contributed by atoms with Gasteiger partial charge < -0.3 is 4.90 Å². The second kappa shape index (κ2) is 6.02. The van der Waals surface area contributed by atoms with Crippen LogP contribution in [0.4, 0.5) is 0 Å². The first-order valence-corrected chi connectivity index (χ1v) is 7.36. The SMILES string of the molecule is Cc1cccc(CN(C(=O)c2cccs2)C(C)C)c1. The quantitative estimate of drug-likeness (QED) is 0.821. The average molecular weight is 273 g/mol. The number of thiophene rings is 1. The highest BCUT2D eigenvalue weighted by Crippen LogP contribution is 2.17. The van der Waals surface area contributed by atoms with E-state index in [4.69, 9.17) is 0 Å². The Balaban J connectivity index is 2.19. The van der Waals surface area contributed by atoms with E-state index in [1.54, 1.807) is 0 Å². The third-order valence-electron chi connectivity index (χ3n) is 3.05. The predicted molar refractivity (Wildman–Crippen MR) is 80.5 cm³/mol. The maximum absolute atomic E-state index is 12.5. The Morgan fingerprint density at radius 3 is 2.63 bits per heavy atom. The fourth-order valence-electron chi connectivity index (χ4n) is 2.04. The lowest BCUT2D eigenvalue weighted by Crippen LogP contribution is -2.35. The molecule has 2 nitrogen and oxygen atoms in total. The molecule has 0 saturated carbocycles. The van der Waals surface area contributed by atoms with Gasteiger partial charge in [0.05, 0.1) is 4.88 Å². The molecule has 1 heterocycles. The summed E-state index contributed by atoms with van der Waals surface area (Å²) in [7, 11) is 0. The smallest absolute Gasteiger partial charge is 0.264 e. The first kappa shape index (κ1) is 13.8. The van der Waals surface area contributed by atoms with Gasteiger partial charge in [-0.05, 0) is 37.8 Å². The molecule has 2 aromatic rings. The van der Waals surface area contributed by atoms with Crippen LogP contribution in [0.2, 0.25) is 0 Å². The Kier molecular flexibility index (Phi) is 4.38. The van der Waals surface area contributed by atoms with Gasteiger partial charge in [-0.1, -0.05) is 35.9 Å². The molecule has 0 aliphatic rings. The van der Waals surface area contributed by atoms with Crippen molar-refractivity contribution in [3.05, 3.63) is 57.8 Å². The molecule has 0 bridgehead atoms. The van der Waals surface area contributed by atoms with Crippen molar-refractivity contribution in [2.75, 3.05) is 0 Å². The van der Waals surface area contributed by atoms with E-state index in [0.29, 0.717) is 6.54 Å². The zero-order valence-electron chi connectivity index (χ0n) is 11.6. The largest absolute Gasteiger partial charge is 0.331 e. The third kappa shape index (κ3) is 3.44. The summed E-state index contributed by atoms with van der Waals surface area (Å²) in [5.41, 5.74) is 2.41. The van der Waals surface area contributed by atoms with E-state index in [9.17, 15) is 4.79 Å². The van der Waals surface area contributed by atoms with Crippen molar-refractivity contribution in [3.8, 4) is 0 Å². The van der Waals surface area contributed by atoms with Crippen molar-refractivity contribution in [1.82, 2.24) is 4.90 Å². The number of aryl methyl sites for hydroxylation is 1. The normalized spacial score (nSPS) is 10.7. The van der Waals surface area contributed by atoms with Crippen molar-refractivity contribution in [2.45, 2.75) is 33.4 Å². The van der Waals surface area contributed by atoms with Gasteiger partial charge in [-0.25, -0.2) is 0 Å². The van der Waals surface area contributed by atoms with Crippen molar-refractivity contribution in [3.63, 3.8) is 0 Å². The van der Waals surface area contributed by atoms with E-state index in [1.165, 1.54) is 22.5 Å². The molecule has 100 valence electrons. The van der Waals surface area contributed by atoms with Crippen LogP contribution in [0, 0.1) is 6.92 Å². The van der Waals surface area contributed by atoms with Crippen LogP contribution in [0.5, 0.6) is 0 Å². The van der Waals surface area contributed by atoms with Crippen molar-refractivity contribution in [2.24, 2.45) is 0 Å². The van der Waals surface area contributed by atoms with Gasteiger partial charge in [-0.15, -0.1) is 11.3 Å². The summed E-state index contributed by atoms with van der Waals surface area (Å²) < 4.78 is 0. The van der Waals surface area contributed by atoms with Gasteiger partial charge in [-0.3, -0.25) is 4.79 Å². The number of nitrogens with zero attached hydrogens (tertiary/aromatic N) is 1. The van der Waals surface area contributed by atoms with E-state index in [0.717, 1.165) is 4.88 Å². The Morgan fingerprint density at radius 2 is 2.05 bits per heavy atom. The van der Waals surface area contributed by atoms with E-state index in [1.807, 2.05) is 28.5 Å². The molecule has 0 saturated heterocycles. The van der Waals surface area contributed by atoms with Crippen LogP contribution in [0.15, 0.2) is 41.8 Å². The first-order valence-electron chi connectivity index (χ1n) is 6.48. The maximum atomic E-state index is 12.5. The zero-order valence-corrected chi connectivity index (χ0v) is 12.4. The minimum Gasteiger partial charge on any atom is -0.331 e. The summed E-state index contributed by atoms with van der Waals surface area (Å²) in [6.07, 6.45) is 0. The molecule has 0 atom stereocenters. The van der Waals surface area contributed by atoms with Crippen molar-refractivity contribution in [1.29, 1.82) is 0 Å². The van der Waals surface area contributed by atoms with Crippen LogP contribution in [0.3, 0.4) is 0 Å². The number of benzene rings is 1. The first-order chi connectivity index (χ1) is 9.08. The van der Waals surface area contributed by atoms with Crippen LogP contribution in [0.1, 0.15) is 34.6 Å². The molecule has 0 radical (unpaired) electrons. The highest BCUT2D eigenvalue weighted by molar-refractivity contribution is 7.12. The number of hydrogen-bond acceptors (Lipinski definition) is 2. The lowest BCUT2D eigenvalue weighted by atomic mass is 10.1. The Labute approximate surface area is 118 Å². The standard InChI is InChI=1S/C16H19NOS/c1-12(2)17(16(18)15-8-5-9-19-15)11-14-7-4-6-13(3)10-14/h4-10,12H,11H2,1-3H3. The second-order valence-corrected chi connectivity index (χ2v) is 5.94. The van der Waals surface area contributed by atoms with Crippen LogP contribution in [-0.4, -0.2) is 16.8 Å². The lowest BCUT2D eigenvalue weighted by molar-refractivity contribution is 0.0695. The summed E-state index contributed by atoms with van der Waals surface area (Å²) in [5.74, 6) is 0.117. The average Bonchev–Trinajstić information content (AvgIpc) is 2.88. The summed E-state index contributed by atoms with van der Waals surface area (Å²) in [6.45, 7) is 6.85. The Hall–Kier alpha value is -1.61. The molecule has 2 rings (SSSR count). The predicted octanol–water partition coefficient (Wildman–Crippen LogP) is 4.11. The molecule has 0 unspecified atom stereocenters. The molecule has 1 aromatic heterocycles. The molecular weight excluding hydrogens is 254 g/mol. The molecule has 0 spiro atoms. The molecule has 1 amide bonds. The molecule has 3 heteroatoms. The number of carbonyl (C=O) groups excluding carboxylic acids is 1. The van der Waals surface area contributed by atoms with E-state index < -0.39 is 0 Å². The van der Waals surface area contributed by atoms with Crippen LogP contribution in [-0.2, 0) is 6.54 Å². The summed E-state index contributed by atoms with van der Waals surface area (Å²) in [6, 6.07) is 12.3. The fourth-order valence-corrected chi connectivity index (χ4v) is 2.72. The summed E-state index contributed by atoms with van der Waals surface area (Å²) >= 11 is 1.50. The topological polar surface area (TPSA) is 20.3 Å². The van der Waals surface area contributed by atoms with Crippen LogP contribution >= 0.6 is 11.3 Å². The summed E-state index contributed by atoms with van der Waals surface area (Å²) in [5, 5.41) is 1.94. The monoisotopic (exact) mass is 273 g/mol. The van der Waals surface area contributed by atoms with Gasteiger partial charge in [0.15, 0.2) is 0 Å². The number of amides is 1. The number of hydrogen-bond donors (Lipinski definition) is 0. The minimum atomic E-state index is 0.117. The molecule has 0 fully saturated rings. The summed E-state index contributed by atoms with van der Waals surface area (Å²) in [4.78, 5) is 15.2. The van der Waals surface area contributed by atoms with Gasteiger partial charge in [0, 0.05) is 12.6 Å². The van der Waals surface area contributed by atoms with Gasteiger partial charge in [0.2, 0.25) is 0 Å². The van der Waals surface area contributed by atoms with E-state index in [-0.39, 0.29) is 11.9 Å². The van der Waals surface area contributed by atoms with Gasteiger partial charge >= 0.3 is 0 Å². The zero-order chi connectivity index (χ0) is 13.8. The lowest BCUT2D eigenvalue weighted by Gasteiger charge is -2.26. The molecule has 0 aliphatic carbocycles. The Morgan fingerprint density at radius 1 is 1.26 bits per heavy atom. The van der Waals surface area contributed by atoms with Gasteiger partial charge in [0.1, 0.15) is 0 Å². The van der Waals surface area contributed by atoms with Gasteiger partial charge in [-0.2, -0.15) is 0 Å². The van der Waals surface area contributed by atoms with E-state index >= 15 is 0 Å². The molecular formula is C16H19NOS. The van der Waals surface area contributed by atoms with Crippen molar-refractivity contribution < 1.29 is 4.79 Å². The van der Waals surface area contributed by atoms with Crippen LogP contribution < -0.4 is 0 Å². The number of carbonyl (C=O) groups is 1. The van der Waals surface area contributed by atoms with E-state index in [2.05, 4.69) is 39.0 Å². The molecule has 1 aromatic carbocycles. The van der Waals surface area contributed by atoms with Gasteiger partial charge in [0.25, 0.3) is 5.91 Å². The fraction of sp³-hybridized carbons (Fsp3) is 0.312. The third-order valence-corrected chi connectivity index (χ3v) is 3.91. The highest BCUT2D eigenvalue weighted by atomic mass is 32.1. The van der Waals surface area contributed by atoms with Crippen molar-refractivity contribution >= 4 is 17.2 Å². The number of rotatable bonds is 4. The maximum Gasteiger partial charge on any atom is 0.264 e. The highest BCUT2D eigenvalue weighted by Gasteiger charge is 2.19. The molecule has 19 heavy (non-hydrogen) atoms. The Bertz CT molecular complexity index is 546. The minimum absolute atomic E-state index is 0.117.